The molecule has 0 aliphatic rings. The third kappa shape index (κ3) is 16.2. The molecular weight excluding hydrogens is 557 g/mol. The van der Waals surface area contributed by atoms with Gasteiger partial charge in [0.15, 0.2) is 0 Å². The molecule has 1 aromatic heterocycles. The quantitative estimate of drug-likeness (QED) is 0.137. The summed E-state index contributed by atoms with van der Waals surface area (Å²) in [5, 5.41) is 0. The van der Waals surface area contributed by atoms with Crippen molar-refractivity contribution in [2.45, 2.75) is 106 Å². The smallest absolute Gasteiger partial charge is 1.00 e. The van der Waals surface area contributed by atoms with Crippen LogP contribution in [0.5, 0.6) is 0 Å². The molecule has 0 saturated heterocycles. The summed E-state index contributed by atoms with van der Waals surface area (Å²) < 4.78 is 12.7. The van der Waals surface area contributed by atoms with E-state index in [9.17, 15) is 4.79 Å². The molecule has 32 heavy (non-hydrogen) atoms. The van der Waals surface area contributed by atoms with Crippen molar-refractivity contribution in [3.63, 3.8) is 0 Å². The van der Waals surface area contributed by atoms with Gasteiger partial charge in [0.1, 0.15) is 0 Å². The number of rotatable bonds is 13. The molecule has 4 nitrogen and oxygen atoms in total. The van der Waals surface area contributed by atoms with Gasteiger partial charge in [0.25, 0.3) is 0 Å². The second kappa shape index (κ2) is 27.0. The van der Waals surface area contributed by atoms with Gasteiger partial charge in [-0.05, 0) is 0 Å². The Balaban J connectivity index is -0.000000328. The molecule has 0 spiro atoms. The van der Waals surface area contributed by atoms with Crippen molar-refractivity contribution in [3.8, 4) is 0 Å². The van der Waals surface area contributed by atoms with E-state index in [1.165, 1.54) is 55.5 Å². The normalized spacial score (nSPS) is 10.7. The average Bonchev–Trinajstić information content (AvgIpc) is 3.18. The van der Waals surface area contributed by atoms with Crippen molar-refractivity contribution in [1.82, 2.24) is 9.55 Å². The predicted molar refractivity (Wildman–Crippen MR) is 130 cm³/mol. The van der Waals surface area contributed by atoms with Crippen LogP contribution in [0.15, 0.2) is 12.5 Å². The SMILES string of the molecule is CCC[CH2][Sn]([CH2]CCC)([CH2]CCC)[c]1cn(C(C)C(=O)OCC)cn1.C[CH-]C.[Cl-].[Cl-].[Li+].[Mg+2]. The maximum Gasteiger partial charge on any atom is 2.00 e. The molecule has 0 fully saturated rings. The fraction of sp³-hybridized carbons (Fsp3) is 0.783. The van der Waals surface area contributed by atoms with E-state index in [1.54, 1.807) is 0 Å². The fourth-order valence-electron chi connectivity index (χ4n) is 3.51. The molecule has 1 unspecified atom stereocenters. The Morgan fingerprint density at radius 2 is 1.44 bits per heavy atom. The van der Waals surface area contributed by atoms with Gasteiger partial charge in [-0.1, -0.05) is 0 Å². The number of hydrogen-bond donors (Lipinski definition) is 0. The van der Waals surface area contributed by atoms with Crippen LogP contribution in [-0.2, 0) is 9.53 Å². The summed E-state index contributed by atoms with van der Waals surface area (Å²) in [4.78, 5) is 16.9. The van der Waals surface area contributed by atoms with Gasteiger partial charge in [-0.25, -0.2) is 0 Å². The molecule has 0 aliphatic carbocycles. The zero-order valence-electron chi connectivity index (χ0n) is 22.1. The zero-order chi connectivity index (χ0) is 21.4. The van der Waals surface area contributed by atoms with E-state index >= 15 is 0 Å². The molecule has 1 heterocycles. The van der Waals surface area contributed by atoms with Crippen molar-refractivity contribution >= 4 is 51.1 Å². The first-order valence-corrected chi connectivity index (χ1v) is 18.9. The summed E-state index contributed by atoms with van der Waals surface area (Å²) in [6.45, 7) is 15.1. The summed E-state index contributed by atoms with van der Waals surface area (Å²) >= 11 is -2.49. The van der Waals surface area contributed by atoms with Crippen LogP contribution in [0.1, 0.15) is 93.0 Å². The monoisotopic (exact) mass is 602 g/mol. The molecule has 1 aromatic rings. The number of aromatic nitrogens is 2. The second-order valence-corrected chi connectivity index (χ2v) is 20.9. The van der Waals surface area contributed by atoms with Crippen molar-refractivity contribution in [2.75, 3.05) is 6.61 Å². The van der Waals surface area contributed by atoms with Crippen LogP contribution in [0.2, 0.25) is 13.3 Å². The first kappa shape index (κ1) is 43.5. The number of esters is 1. The Hall–Kier alpha value is 1.42. The van der Waals surface area contributed by atoms with Gasteiger partial charge in [-0.15, -0.1) is 0 Å². The van der Waals surface area contributed by atoms with Gasteiger partial charge in [0, 0.05) is 0 Å². The standard InChI is InChI=1S/C8H11N2O2.3C4H9.C3H7.2ClH.Li.Mg.Sn/c1-3-12-8(11)7(2)10-5-4-9-6-10;3*1-3-4-2;1-3-2;;;;;/h5-7H,3H2,1-2H3;3*1,3-4H2,2H3;3H,1-2H3;2*1H;;;/q;;;;-1;;;+1;+2;/p-2. The number of ether oxygens (including phenoxy) is 1. The molecule has 180 valence electrons. The second-order valence-electron chi connectivity index (χ2n) is 7.80. The maximum atomic E-state index is 12.1. The first-order valence-electron chi connectivity index (χ1n) is 11.4. The van der Waals surface area contributed by atoms with Crippen LogP contribution in [0.4, 0.5) is 0 Å². The van der Waals surface area contributed by atoms with Gasteiger partial charge in [-0.3, -0.25) is 0 Å². The van der Waals surface area contributed by atoms with Crippen molar-refractivity contribution in [1.29, 1.82) is 0 Å². The fourth-order valence-corrected chi connectivity index (χ4v) is 18.8. The first-order chi connectivity index (χ1) is 13.5. The van der Waals surface area contributed by atoms with E-state index < -0.39 is 18.4 Å². The predicted octanol–water partition coefficient (Wildman–Crippen LogP) is -3.08. The van der Waals surface area contributed by atoms with E-state index in [4.69, 9.17) is 9.72 Å². The molecule has 0 aromatic carbocycles. The van der Waals surface area contributed by atoms with E-state index in [1.807, 2.05) is 45.0 Å². The molecule has 1 atom stereocenters. The van der Waals surface area contributed by atoms with Crippen LogP contribution >= 0.6 is 0 Å². The summed E-state index contributed by atoms with van der Waals surface area (Å²) in [6, 6.07) is -0.284. The molecule has 0 amide bonds. The number of hydrogen-bond acceptors (Lipinski definition) is 3. The van der Waals surface area contributed by atoms with Crippen LogP contribution in [0, 0.1) is 6.42 Å². The topological polar surface area (TPSA) is 44.1 Å². The Morgan fingerprint density at radius 1 is 1.03 bits per heavy atom. The van der Waals surface area contributed by atoms with Gasteiger partial charge in [0.2, 0.25) is 0 Å². The minimum atomic E-state index is -2.49. The third-order valence-electron chi connectivity index (χ3n) is 5.25. The molecule has 0 N–H and O–H groups in total. The number of imidazole rings is 1. The number of carbonyl (C=O) groups is 1. The molecule has 0 radical (unpaired) electrons. The molecule has 0 aliphatic heterocycles. The zero-order valence-corrected chi connectivity index (χ0v) is 27.8. The molecule has 1 rings (SSSR count). The Morgan fingerprint density at radius 3 is 1.78 bits per heavy atom. The van der Waals surface area contributed by atoms with Gasteiger partial charge in [0.05, 0.1) is 0 Å². The number of halogens is 2. The minimum Gasteiger partial charge on any atom is -1.00 e. The molecule has 0 bridgehead atoms. The van der Waals surface area contributed by atoms with E-state index in [0.717, 1.165) is 0 Å². The Kier molecular flexibility index (Phi) is 36.7. The minimum absolute atomic E-state index is 0. The van der Waals surface area contributed by atoms with Crippen LogP contribution in [-0.4, -0.2) is 63.6 Å². The van der Waals surface area contributed by atoms with Gasteiger partial charge < -0.3 is 31.2 Å². The number of carbonyl (C=O) groups excluding carboxylic acids is 1. The summed E-state index contributed by atoms with van der Waals surface area (Å²) in [5.74, 6) is -0.164. The summed E-state index contributed by atoms with van der Waals surface area (Å²) in [6.07, 6.45) is 13.8. The molecular formula is C23H45Cl2LiMgN2O2Sn. The van der Waals surface area contributed by atoms with Crippen LogP contribution < -0.4 is 47.4 Å². The average molecular weight is 602 g/mol. The maximum absolute atomic E-state index is 12.1. The van der Waals surface area contributed by atoms with Gasteiger partial charge >= 0.3 is 201 Å². The van der Waals surface area contributed by atoms with Crippen molar-refractivity contribution < 1.29 is 53.2 Å². The largest absolute Gasteiger partial charge is 2.00 e. The summed E-state index contributed by atoms with van der Waals surface area (Å²) in [7, 11) is 0. The van der Waals surface area contributed by atoms with Crippen LogP contribution in [0.25, 0.3) is 0 Å². The molecule has 9 heteroatoms. The van der Waals surface area contributed by atoms with E-state index in [0.29, 0.717) is 6.61 Å². The third-order valence-corrected chi connectivity index (χ3v) is 20.3. The Labute approximate surface area is 243 Å². The van der Waals surface area contributed by atoms with Gasteiger partial charge in [-0.2, -0.15) is 13.8 Å². The molecule has 0 saturated carbocycles. The summed E-state index contributed by atoms with van der Waals surface area (Å²) in [5.41, 5.74) is 0. The number of nitrogens with zero attached hydrogens (tertiary/aromatic N) is 2. The number of unbranched alkanes of at least 4 members (excludes halogenated alkanes) is 3. The van der Waals surface area contributed by atoms with Crippen molar-refractivity contribution in [2.24, 2.45) is 0 Å². The van der Waals surface area contributed by atoms with Crippen molar-refractivity contribution in [3.05, 3.63) is 18.9 Å². The Bertz CT molecular complexity index is 518. The van der Waals surface area contributed by atoms with E-state index in [2.05, 4.69) is 27.0 Å². The van der Waals surface area contributed by atoms with E-state index in [-0.39, 0.29) is 78.7 Å². The van der Waals surface area contributed by atoms with Crippen LogP contribution in [0.3, 0.4) is 0 Å².